The molecular formula is C15H23ClN2. The molecule has 2 unspecified atom stereocenters. The Morgan fingerprint density at radius 1 is 1.44 bits per heavy atom. The zero-order chi connectivity index (χ0) is 13.1. The molecular weight excluding hydrogens is 244 g/mol. The van der Waals surface area contributed by atoms with E-state index in [0.717, 1.165) is 17.2 Å². The van der Waals surface area contributed by atoms with Crippen LogP contribution in [0, 0.1) is 12.8 Å². The Bertz CT molecular complexity index is 405. The van der Waals surface area contributed by atoms with Gasteiger partial charge in [-0.2, -0.15) is 0 Å². The van der Waals surface area contributed by atoms with Crippen LogP contribution in [0.1, 0.15) is 43.9 Å². The summed E-state index contributed by atoms with van der Waals surface area (Å²) in [6, 6.07) is 2.81. The van der Waals surface area contributed by atoms with Crippen LogP contribution >= 0.6 is 11.6 Å². The third-order valence-electron chi connectivity index (χ3n) is 4.08. The van der Waals surface area contributed by atoms with Gasteiger partial charge < -0.3 is 4.90 Å². The molecule has 1 fully saturated rings. The van der Waals surface area contributed by atoms with Crippen LogP contribution in [-0.2, 0) is 5.88 Å². The molecule has 100 valence electrons. The summed E-state index contributed by atoms with van der Waals surface area (Å²) in [6.45, 7) is 4.40. The van der Waals surface area contributed by atoms with E-state index in [1.54, 1.807) is 0 Å². The molecule has 2 atom stereocenters. The second-order valence-corrected chi connectivity index (χ2v) is 5.89. The van der Waals surface area contributed by atoms with Gasteiger partial charge in [0.15, 0.2) is 0 Å². The third-order valence-corrected chi connectivity index (χ3v) is 4.37. The summed E-state index contributed by atoms with van der Waals surface area (Å²) in [5, 5.41) is 0. The van der Waals surface area contributed by atoms with Gasteiger partial charge in [0.05, 0.1) is 5.88 Å². The van der Waals surface area contributed by atoms with Crippen LogP contribution in [0.25, 0.3) is 0 Å². The molecule has 1 aromatic rings. The van der Waals surface area contributed by atoms with Gasteiger partial charge in [0, 0.05) is 36.2 Å². The fourth-order valence-electron chi connectivity index (χ4n) is 2.96. The number of aromatic nitrogens is 1. The Kier molecular flexibility index (Phi) is 4.50. The van der Waals surface area contributed by atoms with Crippen LogP contribution in [0.5, 0.6) is 0 Å². The van der Waals surface area contributed by atoms with Crippen molar-refractivity contribution >= 4 is 17.3 Å². The number of pyridine rings is 1. The molecule has 2 nitrogen and oxygen atoms in total. The van der Waals surface area contributed by atoms with E-state index in [9.17, 15) is 0 Å². The quantitative estimate of drug-likeness (QED) is 0.765. The predicted octanol–water partition coefficient (Wildman–Crippen LogP) is 4.14. The minimum absolute atomic E-state index is 0.537. The number of nitrogens with zero attached hydrogens (tertiary/aromatic N) is 2. The second-order valence-electron chi connectivity index (χ2n) is 5.62. The molecule has 0 N–H and O–H groups in total. The van der Waals surface area contributed by atoms with Crippen molar-refractivity contribution in [2.75, 3.05) is 11.9 Å². The van der Waals surface area contributed by atoms with Gasteiger partial charge in [0.1, 0.15) is 0 Å². The molecule has 0 aliphatic heterocycles. The minimum Gasteiger partial charge on any atom is -0.371 e. The van der Waals surface area contributed by atoms with Gasteiger partial charge in [-0.15, -0.1) is 11.6 Å². The van der Waals surface area contributed by atoms with E-state index in [2.05, 4.69) is 29.9 Å². The van der Waals surface area contributed by atoms with E-state index in [0.29, 0.717) is 11.9 Å². The molecule has 0 aromatic carbocycles. The molecule has 1 saturated carbocycles. The molecule has 1 aliphatic rings. The van der Waals surface area contributed by atoms with E-state index in [1.165, 1.54) is 31.4 Å². The number of hydrogen-bond acceptors (Lipinski definition) is 2. The first-order valence-electron chi connectivity index (χ1n) is 6.86. The fraction of sp³-hybridized carbons (Fsp3) is 0.667. The summed E-state index contributed by atoms with van der Waals surface area (Å²) in [5.74, 6) is 1.38. The lowest BCUT2D eigenvalue weighted by Crippen LogP contribution is -2.36. The number of anilines is 1. The van der Waals surface area contributed by atoms with Crippen molar-refractivity contribution in [2.45, 2.75) is 51.5 Å². The van der Waals surface area contributed by atoms with Crippen molar-refractivity contribution < 1.29 is 0 Å². The zero-order valence-electron chi connectivity index (χ0n) is 11.6. The van der Waals surface area contributed by atoms with Crippen LogP contribution < -0.4 is 4.90 Å². The standard InChI is InChI=1S/C15H23ClN2/c1-11-5-4-6-14(7-11)18(3)15-8-12(2)17-10-13(15)9-16/h8,10-11,14H,4-7,9H2,1-3H3. The van der Waals surface area contributed by atoms with Gasteiger partial charge in [-0.25, -0.2) is 0 Å². The number of halogens is 1. The van der Waals surface area contributed by atoms with Crippen molar-refractivity contribution in [2.24, 2.45) is 5.92 Å². The normalized spacial score (nSPS) is 24.0. The van der Waals surface area contributed by atoms with Crippen molar-refractivity contribution in [3.05, 3.63) is 23.5 Å². The van der Waals surface area contributed by atoms with Crippen LogP contribution in [0.2, 0.25) is 0 Å². The maximum absolute atomic E-state index is 6.03. The highest BCUT2D eigenvalue weighted by Gasteiger charge is 2.23. The first-order valence-corrected chi connectivity index (χ1v) is 7.39. The van der Waals surface area contributed by atoms with Crippen molar-refractivity contribution in [3.8, 4) is 0 Å². The maximum atomic E-state index is 6.03. The molecule has 2 rings (SSSR count). The molecule has 1 aliphatic carbocycles. The Labute approximate surface area is 115 Å². The Morgan fingerprint density at radius 2 is 2.22 bits per heavy atom. The van der Waals surface area contributed by atoms with E-state index in [1.807, 2.05) is 13.1 Å². The summed E-state index contributed by atoms with van der Waals surface area (Å²) in [5.41, 5.74) is 3.47. The molecule has 1 heterocycles. The lowest BCUT2D eigenvalue weighted by atomic mass is 9.86. The number of alkyl halides is 1. The lowest BCUT2D eigenvalue weighted by molar-refractivity contribution is 0.336. The molecule has 1 aromatic heterocycles. The molecule has 0 radical (unpaired) electrons. The fourth-order valence-corrected chi connectivity index (χ4v) is 3.16. The Morgan fingerprint density at radius 3 is 2.89 bits per heavy atom. The van der Waals surface area contributed by atoms with Gasteiger partial charge in [-0.05, 0) is 31.7 Å². The van der Waals surface area contributed by atoms with Gasteiger partial charge in [-0.1, -0.05) is 19.8 Å². The molecule has 0 saturated heterocycles. The van der Waals surface area contributed by atoms with E-state index in [4.69, 9.17) is 11.6 Å². The van der Waals surface area contributed by atoms with E-state index >= 15 is 0 Å². The largest absolute Gasteiger partial charge is 0.371 e. The summed E-state index contributed by atoms with van der Waals surface area (Å²) in [4.78, 5) is 6.76. The van der Waals surface area contributed by atoms with Crippen LogP contribution in [0.15, 0.2) is 12.3 Å². The second kappa shape index (κ2) is 5.92. The smallest absolute Gasteiger partial charge is 0.0509 e. The third kappa shape index (κ3) is 2.97. The van der Waals surface area contributed by atoms with E-state index in [-0.39, 0.29) is 0 Å². The van der Waals surface area contributed by atoms with Crippen LogP contribution in [-0.4, -0.2) is 18.1 Å². The number of rotatable bonds is 3. The van der Waals surface area contributed by atoms with E-state index < -0.39 is 0 Å². The summed E-state index contributed by atoms with van der Waals surface area (Å²) in [7, 11) is 2.20. The predicted molar refractivity (Wildman–Crippen MR) is 78.4 cm³/mol. The highest BCUT2D eigenvalue weighted by molar-refractivity contribution is 6.17. The molecule has 0 bridgehead atoms. The average molecular weight is 267 g/mol. The minimum atomic E-state index is 0.537. The average Bonchev–Trinajstić information content (AvgIpc) is 2.38. The van der Waals surface area contributed by atoms with Gasteiger partial charge in [0.25, 0.3) is 0 Å². The maximum Gasteiger partial charge on any atom is 0.0509 e. The van der Waals surface area contributed by atoms with Crippen molar-refractivity contribution in [3.63, 3.8) is 0 Å². The topological polar surface area (TPSA) is 16.1 Å². The lowest BCUT2D eigenvalue weighted by Gasteiger charge is -2.36. The summed E-state index contributed by atoms with van der Waals surface area (Å²) >= 11 is 6.03. The molecule has 0 amide bonds. The monoisotopic (exact) mass is 266 g/mol. The number of aryl methyl sites for hydroxylation is 1. The van der Waals surface area contributed by atoms with Crippen LogP contribution in [0.3, 0.4) is 0 Å². The molecule has 3 heteroatoms. The Hall–Kier alpha value is -0.760. The summed E-state index contributed by atoms with van der Waals surface area (Å²) in [6.07, 6.45) is 7.22. The summed E-state index contributed by atoms with van der Waals surface area (Å²) < 4.78 is 0. The number of hydrogen-bond donors (Lipinski definition) is 0. The van der Waals surface area contributed by atoms with Crippen molar-refractivity contribution in [1.29, 1.82) is 0 Å². The van der Waals surface area contributed by atoms with Gasteiger partial charge in [-0.3, -0.25) is 4.98 Å². The van der Waals surface area contributed by atoms with Gasteiger partial charge >= 0.3 is 0 Å². The first kappa shape index (κ1) is 13.7. The first-order chi connectivity index (χ1) is 8.61. The zero-order valence-corrected chi connectivity index (χ0v) is 12.4. The molecule has 18 heavy (non-hydrogen) atoms. The highest BCUT2D eigenvalue weighted by atomic mass is 35.5. The van der Waals surface area contributed by atoms with Gasteiger partial charge in [0.2, 0.25) is 0 Å². The molecule has 0 spiro atoms. The highest BCUT2D eigenvalue weighted by Crippen LogP contribution is 2.31. The SMILES string of the molecule is Cc1cc(N(C)C2CCCC(C)C2)c(CCl)cn1. The van der Waals surface area contributed by atoms with Crippen LogP contribution in [0.4, 0.5) is 5.69 Å². The van der Waals surface area contributed by atoms with Crippen molar-refractivity contribution in [1.82, 2.24) is 4.98 Å². The Balaban J connectivity index is 2.21.